The number of pyridine rings is 1. The molecule has 7 heteroatoms. The third-order valence-corrected chi connectivity index (χ3v) is 5.25. The molecule has 0 aliphatic heterocycles. The van der Waals surface area contributed by atoms with Crippen molar-refractivity contribution in [3.8, 4) is 11.3 Å². The molecule has 0 saturated heterocycles. The van der Waals surface area contributed by atoms with Gasteiger partial charge in [-0.1, -0.05) is 11.3 Å². The van der Waals surface area contributed by atoms with Crippen LogP contribution in [-0.4, -0.2) is 46.1 Å². The summed E-state index contributed by atoms with van der Waals surface area (Å²) in [6, 6.07) is 13.8. The molecular weight excluding hydrogens is 366 g/mol. The molecule has 0 fully saturated rings. The van der Waals surface area contributed by atoms with Gasteiger partial charge in [0, 0.05) is 31.1 Å². The highest BCUT2D eigenvalue weighted by Crippen LogP contribution is 2.34. The molecule has 7 nitrogen and oxygen atoms in total. The van der Waals surface area contributed by atoms with E-state index in [9.17, 15) is 4.79 Å². The van der Waals surface area contributed by atoms with Crippen LogP contribution in [-0.2, 0) is 11.8 Å². The lowest BCUT2D eigenvalue weighted by atomic mass is 10.0. The van der Waals surface area contributed by atoms with Gasteiger partial charge >= 0.3 is 5.97 Å². The second-order valence-corrected chi connectivity index (χ2v) is 7.38. The molecule has 2 heterocycles. The zero-order valence-corrected chi connectivity index (χ0v) is 17.2. The van der Waals surface area contributed by atoms with E-state index in [0.29, 0.717) is 5.56 Å². The van der Waals surface area contributed by atoms with Gasteiger partial charge in [0.25, 0.3) is 0 Å². The van der Waals surface area contributed by atoms with Crippen LogP contribution in [0.4, 0.5) is 5.69 Å². The summed E-state index contributed by atoms with van der Waals surface area (Å²) in [6.45, 7) is 4.26. The Hall–Kier alpha value is -3.48. The summed E-state index contributed by atoms with van der Waals surface area (Å²) < 4.78 is 6.60. The summed E-state index contributed by atoms with van der Waals surface area (Å²) in [6.07, 6.45) is 0. The van der Waals surface area contributed by atoms with Crippen LogP contribution in [0.25, 0.3) is 33.2 Å². The van der Waals surface area contributed by atoms with E-state index in [4.69, 9.17) is 9.72 Å². The molecular formula is C22H23N5O2. The lowest BCUT2D eigenvalue weighted by molar-refractivity contribution is 0.0601. The number of nitrogens with zero attached hydrogens (tertiary/aromatic N) is 5. The maximum Gasteiger partial charge on any atom is 0.337 e. The van der Waals surface area contributed by atoms with E-state index >= 15 is 0 Å². The summed E-state index contributed by atoms with van der Waals surface area (Å²) in [5.74, 6) is -0.358. The highest BCUT2D eigenvalue weighted by Gasteiger charge is 2.17. The maximum atomic E-state index is 11.9. The van der Waals surface area contributed by atoms with Gasteiger partial charge in [0.1, 0.15) is 5.52 Å². The third kappa shape index (κ3) is 3.29. The van der Waals surface area contributed by atoms with Gasteiger partial charge in [-0.15, -0.1) is 5.10 Å². The van der Waals surface area contributed by atoms with E-state index in [1.807, 2.05) is 44.4 Å². The first kappa shape index (κ1) is 18.9. The third-order valence-electron chi connectivity index (χ3n) is 5.25. The van der Waals surface area contributed by atoms with Crippen LogP contribution in [0, 0.1) is 0 Å². The van der Waals surface area contributed by atoms with Crippen molar-refractivity contribution in [2.45, 2.75) is 19.9 Å². The van der Waals surface area contributed by atoms with Crippen molar-refractivity contribution in [1.82, 2.24) is 20.0 Å². The molecule has 0 N–H and O–H groups in total. The molecule has 0 aliphatic rings. The van der Waals surface area contributed by atoms with E-state index in [2.05, 4.69) is 35.1 Å². The van der Waals surface area contributed by atoms with Gasteiger partial charge in [0.05, 0.1) is 35.1 Å². The summed E-state index contributed by atoms with van der Waals surface area (Å²) in [4.78, 5) is 19.0. The molecule has 0 unspecified atom stereocenters. The molecule has 0 atom stereocenters. The quantitative estimate of drug-likeness (QED) is 0.494. The van der Waals surface area contributed by atoms with Crippen LogP contribution in [0.15, 0.2) is 42.5 Å². The number of carbonyl (C=O) groups excluding carboxylic acids is 1. The molecule has 0 amide bonds. The molecule has 0 bridgehead atoms. The van der Waals surface area contributed by atoms with Crippen LogP contribution in [0.2, 0.25) is 0 Å². The molecule has 148 valence electrons. The number of hydrogen-bond donors (Lipinski definition) is 0. The average molecular weight is 389 g/mol. The fourth-order valence-electron chi connectivity index (χ4n) is 3.36. The lowest BCUT2D eigenvalue weighted by Crippen LogP contribution is -2.26. The Bertz CT molecular complexity index is 1230. The Kier molecular flexibility index (Phi) is 4.66. The normalized spacial score (nSPS) is 11.4. The highest BCUT2D eigenvalue weighted by atomic mass is 16.5. The molecule has 0 radical (unpaired) electrons. The van der Waals surface area contributed by atoms with Gasteiger partial charge in [-0.25, -0.2) is 14.5 Å². The van der Waals surface area contributed by atoms with Crippen molar-refractivity contribution in [3.63, 3.8) is 0 Å². The van der Waals surface area contributed by atoms with Gasteiger partial charge < -0.3 is 9.64 Å². The van der Waals surface area contributed by atoms with E-state index in [1.165, 1.54) is 7.11 Å². The fourth-order valence-corrected chi connectivity index (χ4v) is 3.36. The van der Waals surface area contributed by atoms with Crippen molar-refractivity contribution in [2.24, 2.45) is 7.05 Å². The lowest BCUT2D eigenvalue weighted by Gasteiger charge is -2.26. The number of aromatic nitrogens is 4. The van der Waals surface area contributed by atoms with Crippen molar-refractivity contribution in [3.05, 3.63) is 48.0 Å². The number of rotatable bonds is 4. The minimum atomic E-state index is -0.358. The fraction of sp³-hybridized carbons (Fsp3) is 0.273. The number of fused-ring (bicyclic) bond motifs is 2. The minimum absolute atomic E-state index is 0.275. The SMILES string of the molecule is COC(=O)c1ccc2nc(-c3ccc4c(c3)nnn4C)c(N(C)C(C)C)cc2c1. The Labute approximate surface area is 168 Å². The topological polar surface area (TPSA) is 73.1 Å². The summed E-state index contributed by atoms with van der Waals surface area (Å²) >= 11 is 0. The monoisotopic (exact) mass is 389 g/mol. The first-order chi connectivity index (χ1) is 13.9. The van der Waals surface area contributed by atoms with Crippen LogP contribution in [0.5, 0.6) is 0 Å². The number of anilines is 1. The molecule has 2 aromatic heterocycles. The standard InChI is InChI=1S/C22H23N5O2/c1-13(2)26(3)20-12-16-10-15(22(28)29-5)6-8-17(16)23-21(20)14-7-9-19-18(11-14)24-25-27(19)4/h6-13H,1-5H3. The molecule has 29 heavy (non-hydrogen) atoms. The Morgan fingerprint density at radius 2 is 1.90 bits per heavy atom. The summed E-state index contributed by atoms with van der Waals surface area (Å²) in [7, 11) is 5.30. The van der Waals surface area contributed by atoms with Gasteiger partial charge in [-0.2, -0.15) is 0 Å². The first-order valence-corrected chi connectivity index (χ1v) is 9.45. The van der Waals surface area contributed by atoms with Gasteiger partial charge in [-0.05, 0) is 50.2 Å². The average Bonchev–Trinajstić information content (AvgIpc) is 3.11. The van der Waals surface area contributed by atoms with Crippen molar-refractivity contribution >= 4 is 33.6 Å². The number of esters is 1. The number of aryl methyl sites for hydroxylation is 1. The van der Waals surface area contributed by atoms with Gasteiger partial charge in [0.2, 0.25) is 0 Å². The van der Waals surface area contributed by atoms with Crippen molar-refractivity contribution in [2.75, 3.05) is 19.1 Å². The van der Waals surface area contributed by atoms with E-state index in [-0.39, 0.29) is 12.0 Å². The maximum absolute atomic E-state index is 11.9. The van der Waals surface area contributed by atoms with E-state index in [0.717, 1.165) is 38.9 Å². The Morgan fingerprint density at radius 1 is 1.10 bits per heavy atom. The van der Waals surface area contributed by atoms with E-state index < -0.39 is 0 Å². The number of benzene rings is 2. The number of methoxy groups -OCH3 is 1. The Balaban J connectivity index is 1.94. The van der Waals surface area contributed by atoms with Crippen LogP contribution in [0.1, 0.15) is 24.2 Å². The number of carbonyl (C=O) groups is 1. The molecule has 4 aromatic rings. The molecule has 0 spiro atoms. The van der Waals surface area contributed by atoms with Gasteiger partial charge in [0.15, 0.2) is 0 Å². The smallest absolute Gasteiger partial charge is 0.337 e. The number of ether oxygens (including phenoxy) is 1. The van der Waals surface area contributed by atoms with Gasteiger partial charge in [-0.3, -0.25) is 0 Å². The largest absolute Gasteiger partial charge is 0.465 e. The van der Waals surface area contributed by atoms with Crippen LogP contribution >= 0.6 is 0 Å². The second-order valence-electron chi connectivity index (χ2n) is 7.38. The zero-order valence-electron chi connectivity index (χ0n) is 17.2. The Morgan fingerprint density at radius 3 is 2.62 bits per heavy atom. The highest BCUT2D eigenvalue weighted by molar-refractivity contribution is 5.97. The molecule has 0 saturated carbocycles. The summed E-state index contributed by atoms with van der Waals surface area (Å²) in [5, 5.41) is 9.22. The van der Waals surface area contributed by atoms with Crippen molar-refractivity contribution in [1.29, 1.82) is 0 Å². The molecule has 0 aliphatic carbocycles. The molecule has 2 aromatic carbocycles. The zero-order chi connectivity index (χ0) is 20.7. The predicted octanol–water partition coefficient (Wildman–Crippen LogP) is 3.81. The predicted molar refractivity (Wildman–Crippen MR) is 114 cm³/mol. The van der Waals surface area contributed by atoms with Crippen LogP contribution < -0.4 is 4.90 Å². The number of hydrogen-bond acceptors (Lipinski definition) is 6. The first-order valence-electron chi connectivity index (χ1n) is 9.45. The van der Waals surface area contributed by atoms with E-state index in [1.54, 1.807) is 10.7 Å². The second kappa shape index (κ2) is 7.16. The minimum Gasteiger partial charge on any atom is -0.465 e. The molecule has 4 rings (SSSR count). The van der Waals surface area contributed by atoms with Crippen molar-refractivity contribution < 1.29 is 9.53 Å². The summed E-state index contributed by atoms with van der Waals surface area (Å²) in [5.41, 5.74) is 5.94. The van der Waals surface area contributed by atoms with Crippen LogP contribution in [0.3, 0.4) is 0 Å².